The largest absolute Gasteiger partial charge is 0.494 e. The maximum atomic E-state index is 5.44. The number of ether oxygens (including phenoxy) is 1. The van der Waals surface area contributed by atoms with Crippen LogP contribution < -0.4 is 15.4 Å². The van der Waals surface area contributed by atoms with E-state index in [4.69, 9.17) is 17.0 Å². The van der Waals surface area contributed by atoms with E-state index in [1.807, 2.05) is 36.0 Å². The van der Waals surface area contributed by atoms with Crippen LogP contribution in [-0.2, 0) is 0 Å². The van der Waals surface area contributed by atoms with Crippen molar-refractivity contribution in [3.8, 4) is 5.75 Å². The molecule has 3 aromatic rings. The molecule has 0 aliphatic heterocycles. The van der Waals surface area contributed by atoms with Gasteiger partial charge in [-0.25, -0.2) is 0 Å². The highest BCUT2D eigenvalue weighted by molar-refractivity contribution is 7.99. The third-order valence-corrected chi connectivity index (χ3v) is 5.44. The number of nitrogens with one attached hydrogen (secondary N) is 2. The van der Waals surface area contributed by atoms with Crippen LogP contribution in [0.2, 0.25) is 0 Å². The Morgan fingerprint density at radius 1 is 1.15 bits per heavy atom. The van der Waals surface area contributed by atoms with Gasteiger partial charge in [-0.05, 0) is 67.7 Å². The molecule has 2 aromatic carbocycles. The summed E-state index contributed by atoms with van der Waals surface area (Å²) in [6.45, 7) is 2.94. The Morgan fingerprint density at radius 2 is 1.96 bits per heavy atom. The van der Waals surface area contributed by atoms with Gasteiger partial charge in [-0.15, -0.1) is 11.8 Å². The van der Waals surface area contributed by atoms with E-state index in [2.05, 4.69) is 46.8 Å². The number of hydrogen-bond acceptors (Lipinski definition) is 4. The molecule has 0 fully saturated rings. The van der Waals surface area contributed by atoms with Crippen LogP contribution in [-0.4, -0.2) is 29.5 Å². The van der Waals surface area contributed by atoms with Crippen molar-refractivity contribution in [2.75, 3.05) is 24.7 Å². The predicted octanol–water partition coefficient (Wildman–Crippen LogP) is 5.02. The lowest BCUT2D eigenvalue weighted by atomic mass is 10.1. The molecule has 0 atom stereocenters. The molecular weight excluding hydrogens is 374 g/mol. The third kappa shape index (κ3) is 5.34. The molecule has 2 N–H and O–H groups in total. The van der Waals surface area contributed by atoms with E-state index in [0.29, 0.717) is 5.11 Å². The van der Waals surface area contributed by atoms with Gasteiger partial charge in [0.1, 0.15) is 11.3 Å². The minimum Gasteiger partial charge on any atom is -0.494 e. The van der Waals surface area contributed by atoms with Crippen molar-refractivity contribution in [2.45, 2.75) is 18.2 Å². The minimum absolute atomic E-state index is 0.616. The molecule has 140 valence electrons. The lowest BCUT2D eigenvalue weighted by Gasteiger charge is -2.13. The van der Waals surface area contributed by atoms with Crippen LogP contribution in [0.1, 0.15) is 12.0 Å². The van der Waals surface area contributed by atoms with Gasteiger partial charge in [-0.2, -0.15) is 0 Å². The summed E-state index contributed by atoms with van der Waals surface area (Å²) in [5, 5.41) is 8.14. The minimum atomic E-state index is 0.616. The van der Waals surface area contributed by atoms with Crippen LogP contribution in [0.4, 0.5) is 5.69 Å². The average molecular weight is 398 g/mol. The lowest BCUT2D eigenvalue weighted by molar-refractivity contribution is 0.419. The quantitative estimate of drug-likeness (QED) is 0.332. The zero-order valence-corrected chi connectivity index (χ0v) is 17.1. The first-order valence-electron chi connectivity index (χ1n) is 8.83. The fourth-order valence-corrected chi connectivity index (χ4v) is 3.75. The van der Waals surface area contributed by atoms with Crippen molar-refractivity contribution in [1.29, 1.82) is 0 Å². The van der Waals surface area contributed by atoms with Crippen LogP contribution >= 0.6 is 24.0 Å². The van der Waals surface area contributed by atoms with E-state index in [0.717, 1.165) is 41.1 Å². The average Bonchev–Trinajstić information content (AvgIpc) is 2.69. The topological polar surface area (TPSA) is 46.2 Å². The van der Waals surface area contributed by atoms with Gasteiger partial charge in [0, 0.05) is 28.7 Å². The van der Waals surface area contributed by atoms with E-state index in [9.17, 15) is 0 Å². The number of nitrogens with zero attached hydrogens (tertiary/aromatic N) is 1. The molecule has 0 bridgehead atoms. The molecule has 0 amide bonds. The molecule has 0 saturated carbocycles. The molecule has 0 aliphatic rings. The van der Waals surface area contributed by atoms with E-state index in [-0.39, 0.29) is 0 Å². The lowest BCUT2D eigenvalue weighted by Crippen LogP contribution is -2.29. The Hall–Kier alpha value is -2.31. The molecule has 1 aromatic heterocycles. The zero-order chi connectivity index (χ0) is 19.1. The maximum absolute atomic E-state index is 5.44. The van der Waals surface area contributed by atoms with Crippen molar-refractivity contribution in [3.63, 3.8) is 0 Å². The summed E-state index contributed by atoms with van der Waals surface area (Å²) in [7, 11) is 1.65. The molecule has 0 unspecified atom stereocenters. The van der Waals surface area contributed by atoms with Gasteiger partial charge in [0.25, 0.3) is 0 Å². The molecule has 0 radical (unpaired) electrons. The Kier molecular flexibility index (Phi) is 6.90. The van der Waals surface area contributed by atoms with Crippen LogP contribution in [0.15, 0.2) is 59.6 Å². The van der Waals surface area contributed by atoms with Crippen LogP contribution in [0.5, 0.6) is 5.75 Å². The van der Waals surface area contributed by atoms with Crippen LogP contribution in [0.3, 0.4) is 0 Å². The summed E-state index contributed by atoms with van der Waals surface area (Å²) in [6.07, 6.45) is 2.79. The Balaban J connectivity index is 1.48. The number of aryl methyl sites for hydroxylation is 1. The highest BCUT2D eigenvalue weighted by Crippen LogP contribution is 2.29. The summed E-state index contributed by atoms with van der Waals surface area (Å²) >= 11 is 7.30. The second-order valence-corrected chi connectivity index (χ2v) is 7.69. The summed E-state index contributed by atoms with van der Waals surface area (Å²) < 4.78 is 5.38. The molecule has 4 nitrogen and oxygen atoms in total. The second-order valence-electron chi connectivity index (χ2n) is 6.11. The van der Waals surface area contributed by atoms with Gasteiger partial charge in [0.05, 0.1) is 7.11 Å². The number of benzene rings is 2. The number of rotatable bonds is 7. The van der Waals surface area contributed by atoms with Gasteiger partial charge in [0.2, 0.25) is 0 Å². The zero-order valence-electron chi connectivity index (χ0n) is 15.5. The predicted molar refractivity (Wildman–Crippen MR) is 119 cm³/mol. The normalized spacial score (nSPS) is 10.6. The smallest absolute Gasteiger partial charge is 0.170 e. The molecule has 6 heteroatoms. The van der Waals surface area contributed by atoms with Crippen molar-refractivity contribution < 1.29 is 4.74 Å². The number of aromatic nitrogens is 1. The molecule has 1 heterocycles. The molecule has 0 aliphatic carbocycles. The number of anilines is 1. The van der Waals surface area contributed by atoms with E-state index >= 15 is 0 Å². The molecule has 3 rings (SSSR count). The number of fused-ring (bicyclic) bond motifs is 1. The number of thioether (sulfide) groups is 1. The van der Waals surface area contributed by atoms with Crippen molar-refractivity contribution in [2.24, 2.45) is 0 Å². The van der Waals surface area contributed by atoms with Crippen molar-refractivity contribution in [3.05, 3.63) is 60.3 Å². The van der Waals surface area contributed by atoms with Gasteiger partial charge in [-0.1, -0.05) is 17.7 Å². The standard InChI is InChI=1S/C21H23N3OS2/c1-15-6-8-16(9-7-15)27-14-4-13-23-21(26)24-18-10-11-19(25-2)20-17(18)5-3-12-22-20/h3,5-12H,4,13-14H2,1-2H3,(H2,23,24,26). The number of hydrogen-bond donors (Lipinski definition) is 2. The van der Waals surface area contributed by atoms with Gasteiger partial charge >= 0.3 is 0 Å². The van der Waals surface area contributed by atoms with E-state index < -0.39 is 0 Å². The van der Waals surface area contributed by atoms with Crippen molar-refractivity contribution in [1.82, 2.24) is 10.3 Å². The molecular formula is C21H23N3OS2. The fraction of sp³-hybridized carbons (Fsp3) is 0.238. The first kappa shape index (κ1) is 19.5. The number of pyridine rings is 1. The summed E-state index contributed by atoms with van der Waals surface area (Å²) in [5.41, 5.74) is 3.03. The van der Waals surface area contributed by atoms with E-state index in [1.165, 1.54) is 10.5 Å². The van der Waals surface area contributed by atoms with Crippen LogP contribution in [0, 0.1) is 6.92 Å². The highest BCUT2D eigenvalue weighted by atomic mass is 32.2. The Bertz CT molecular complexity index is 913. The molecule has 0 saturated heterocycles. The molecule has 0 spiro atoms. The van der Waals surface area contributed by atoms with Gasteiger partial charge in [-0.3, -0.25) is 4.98 Å². The number of thiocarbonyl (C=S) groups is 1. The molecule has 27 heavy (non-hydrogen) atoms. The van der Waals surface area contributed by atoms with E-state index in [1.54, 1.807) is 13.3 Å². The maximum Gasteiger partial charge on any atom is 0.170 e. The van der Waals surface area contributed by atoms with Gasteiger partial charge < -0.3 is 15.4 Å². The fourth-order valence-electron chi connectivity index (χ4n) is 2.69. The first-order valence-corrected chi connectivity index (χ1v) is 10.2. The summed E-state index contributed by atoms with van der Waals surface area (Å²) in [6, 6.07) is 16.4. The SMILES string of the molecule is COc1ccc(NC(=S)NCCCSc2ccc(C)cc2)c2cccnc12. The third-order valence-electron chi connectivity index (χ3n) is 4.10. The first-order chi connectivity index (χ1) is 13.2. The van der Waals surface area contributed by atoms with Crippen molar-refractivity contribution >= 4 is 45.7 Å². The number of methoxy groups -OCH3 is 1. The second kappa shape index (κ2) is 9.58. The summed E-state index contributed by atoms with van der Waals surface area (Å²) in [4.78, 5) is 5.71. The Morgan fingerprint density at radius 3 is 2.74 bits per heavy atom. The van der Waals surface area contributed by atoms with Gasteiger partial charge in [0.15, 0.2) is 5.11 Å². The monoisotopic (exact) mass is 397 g/mol. The Labute approximate surface area is 169 Å². The van der Waals surface area contributed by atoms with Crippen LogP contribution in [0.25, 0.3) is 10.9 Å². The highest BCUT2D eigenvalue weighted by Gasteiger charge is 2.08. The summed E-state index contributed by atoms with van der Waals surface area (Å²) in [5.74, 6) is 1.80.